The highest BCUT2D eigenvalue weighted by Gasteiger charge is 2.26. The first-order valence-corrected chi connectivity index (χ1v) is 6.59. The summed E-state index contributed by atoms with van der Waals surface area (Å²) in [5.41, 5.74) is 1.02. The first kappa shape index (κ1) is 12.0. The van der Waals surface area contributed by atoms with Crippen molar-refractivity contribution in [3.63, 3.8) is 0 Å². The summed E-state index contributed by atoms with van der Waals surface area (Å²) in [6.07, 6.45) is 1.29. The number of rotatable bonds is 1. The van der Waals surface area contributed by atoms with Gasteiger partial charge in [0.2, 0.25) is 0 Å². The lowest BCUT2D eigenvalue weighted by Gasteiger charge is -2.08. The van der Waals surface area contributed by atoms with Gasteiger partial charge in [-0.3, -0.25) is 14.9 Å². The number of nitrogens with one attached hydrogen (secondary N) is 1. The van der Waals surface area contributed by atoms with Crippen LogP contribution >= 0.6 is 47.8 Å². The van der Waals surface area contributed by atoms with Crippen molar-refractivity contribution in [2.45, 2.75) is 0 Å². The molecule has 0 aliphatic carbocycles. The van der Waals surface area contributed by atoms with Gasteiger partial charge in [0.05, 0.1) is 5.57 Å². The second-order valence-electron chi connectivity index (χ2n) is 3.09. The van der Waals surface area contributed by atoms with E-state index < -0.39 is 5.91 Å². The van der Waals surface area contributed by atoms with Gasteiger partial charge in [0.15, 0.2) is 0 Å². The molecule has 0 atom stereocenters. The van der Waals surface area contributed by atoms with Crippen LogP contribution in [-0.2, 0) is 9.59 Å². The molecule has 16 heavy (non-hydrogen) atoms. The van der Waals surface area contributed by atoms with Gasteiger partial charge in [-0.1, -0.05) is 15.9 Å². The average Bonchev–Trinajstić information content (AvgIpc) is 2.53. The molecule has 0 spiro atoms. The summed E-state index contributed by atoms with van der Waals surface area (Å²) in [4.78, 5) is 22.6. The standard InChI is InChI=1S/C10H4Br3NO2/c11-5-1-2-6(12)9(13)8(5)4-3-7(15)14-10(4)16/h1-3H,(H,14,15,16). The molecule has 0 saturated heterocycles. The zero-order valence-corrected chi connectivity index (χ0v) is 12.4. The molecule has 1 heterocycles. The fraction of sp³-hybridized carbons (Fsp3) is 0. The van der Waals surface area contributed by atoms with Crippen LogP contribution in [-0.4, -0.2) is 11.8 Å². The summed E-state index contributed by atoms with van der Waals surface area (Å²) < 4.78 is 2.30. The van der Waals surface area contributed by atoms with Crippen LogP contribution in [0, 0.1) is 0 Å². The molecule has 1 N–H and O–H groups in total. The Morgan fingerprint density at radius 1 is 1.00 bits per heavy atom. The number of amides is 2. The molecule has 1 aromatic rings. The Hall–Kier alpha value is -0.460. The van der Waals surface area contributed by atoms with Gasteiger partial charge in [-0.25, -0.2) is 0 Å². The summed E-state index contributed by atoms with van der Waals surface area (Å²) >= 11 is 10.1. The van der Waals surface area contributed by atoms with Gasteiger partial charge in [0, 0.05) is 25.1 Å². The largest absolute Gasteiger partial charge is 0.289 e. The molecule has 82 valence electrons. The second kappa shape index (κ2) is 4.43. The molecule has 2 rings (SSSR count). The number of carbonyl (C=O) groups is 2. The van der Waals surface area contributed by atoms with Crippen LogP contribution in [0.15, 0.2) is 31.6 Å². The summed E-state index contributed by atoms with van der Waals surface area (Å²) in [6, 6.07) is 3.65. The molecule has 1 aliphatic rings. The smallest absolute Gasteiger partial charge is 0.258 e. The van der Waals surface area contributed by atoms with E-state index in [2.05, 4.69) is 53.1 Å². The number of hydrogen-bond acceptors (Lipinski definition) is 2. The van der Waals surface area contributed by atoms with E-state index in [1.807, 2.05) is 6.07 Å². The fourth-order valence-corrected chi connectivity index (χ4v) is 3.07. The monoisotopic (exact) mass is 407 g/mol. The summed E-state index contributed by atoms with van der Waals surface area (Å²) in [5, 5.41) is 2.21. The Morgan fingerprint density at radius 2 is 1.62 bits per heavy atom. The van der Waals surface area contributed by atoms with Crippen LogP contribution in [0.1, 0.15) is 5.56 Å². The number of halogens is 3. The summed E-state index contributed by atoms with van der Waals surface area (Å²) in [6.45, 7) is 0. The van der Waals surface area contributed by atoms with Gasteiger partial charge in [-0.2, -0.15) is 0 Å². The van der Waals surface area contributed by atoms with Crippen molar-refractivity contribution in [3.05, 3.63) is 37.2 Å². The summed E-state index contributed by atoms with van der Waals surface area (Å²) in [5.74, 6) is -0.775. The minimum Gasteiger partial charge on any atom is -0.289 e. The Kier molecular flexibility index (Phi) is 3.32. The lowest BCUT2D eigenvalue weighted by molar-refractivity contribution is -0.123. The fourth-order valence-electron chi connectivity index (χ4n) is 1.37. The second-order valence-corrected chi connectivity index (χ2v) is 5.60. The first-order chi connectivity index (χ1) is 7.50. The third-order valence-corrected chi connectivity index (χ3v) is 4.75. The van der Waals surface area contributed by atoms with Gasteiger partial charge in [0.25, 0.3) is 11.8 Å². The Labute approximate surface area is 117 Å². The molecule has 2 amide bonds. The van der Waals surface area contributed by atoms with Crippen molar-refractivity contribution in [2.75, 3.05) is 0 Å². The highest BCUT2D eigenvalue weighted by Crippen LogP contribution is 2.37. The Bertz CT molecular complexity index is 537. The molecule has 0 radical (unpaired) electrons. The number of carbonyl (C=O) groups excluding carboxylic acids is 2. The molecule has 6 heteroatoms. The van der Waals surface area contributed by atoms with Gasteiger partial charge in [-0.05, 0) is 44.0 Å². The van der Waals surface area contributed by atoms with Crippen molar-refractivity contribution < 1.29 is 9.59 Å². The third kappa shape index (κ3) is 2.01. The molecular weight excluding hydrogens is 406 g/mol. The Morgan fingerprint density at radius 3 is 2.19 bits per heavy atom. The zero-order chi connectivity index (χ0) is 11.9. The van der Waals surface area contributed by atoms with Crippen LogP contribution in [0.4, 0.5) is 0 Å². The van der Waals surface area contributed by atoms with Crippen molar-refractivity contribution in [1.82, 2.24) is 5.32 Å². The van der Waals surface area contributed by atoms with Crippen LogP contribution < -0.4 is 5.32 Å². The first-order valence-electron chi connectivity index (χ1n) is 4.21. The lowest BCUT2D eigenvalue weighted by atomic mass is 10.1. The van der Waals surface area contributed by atoms with Crippen LogP contribution in [0.2, 0.25) is 0 Å². The van der Waals surface area contributed by atoms with Gasteiger partial charge < -0.3 is 0 Å². The molecule has 0 unspecified atom stereocenters. The highest BCUT2D eigenvalue weighted by molar-refractivity contribution is 9.13. The maximum Gasteiger partial charge on any atom is 0.258 e. The van der Waals surface area contributed by atoms with Crippen molar-refractivity contribution in [3.8, 4) is 0 Å². The average molecular weight is 410 g/mol. The Balaban J connectivity index is 2.65. The van der Waals surface area contributed by atoms with Crippen LogP contribution in [0.5, 0.6) is 0 Å². The predicted octanol–water partition coefficient (Wildman–Crippen LogP) is 3.01. The van der Waals surface area contributed by atoms with Crippen LogP contribution in [0.3, 0.4) is 0 Å². The van der Waals surface area contributed by atoms with Crippen LogP contribution in [0.25, 0.3) is 5.57 Å². The molecule has 0 fully saturated rings. The normalized spacial score (nSPS) is 15.1. The number of imide groups is 1. The zero-order valence-electron chi connectivity index (χ0n) is 7.68. The van der Waals surface area contributed by atoms with E-state index in [4.69, 9.17) is 0 Å². The quantitative estimate of drug-likeness (QED) is 0.572. The maximum absolute atomic E-state index is 11.5. The minimum atomic E-state index is -0.390. The number of benzene rings is 1. The summed E-state index contributed by atoms with van der Waals surface area (Å²) in [7, 11) is 0. The number of hydrogen-bond donors (Lipinski definition) is 1. The molecular formula is C10H4Br3NO2. The molecule has 1 aromatic carbocycles. The van der Waals surface area contributed by atoms with E-state index in [-0.39, 0.29) is 5.91 Å². The third-order valence-electron chi connectivity index (χ3n) is 2.07. The van der Waals surface area contributed by atoms with Crippen molar-refractivity contribution in [1.29, 1.82) is 0 Å². The minimum absolute atomic E-state index is 0.352. The molecule has 3 nitrogen and oxygen atoms in total. The molecule has 1 aliphatic heterocycles. The van der Waals surface area contributed by atoms with E-state index in [1.54, 1.807) is 6.07 Å². The predicted molar refractivity (Wildman–Crippen MR) is 70.7 cm³/mol. The van der Waals surface area contributed by atoms with Crippen molar-refractivity contribution in [2.24, 2.45) is 0 Å². The van der Waals surface area contributed by atoms with E-state index in [1.165, 1.54) is 6.08 Å². The molecule has 0 aromatic heterocycles. The van der Waals surface area contributed by atoms with Gasteiger partial charge in [0.1, 0.15) is 0 Å². The van der Waals surface area contributed by atoms with E-state index in [9.17, 15) is 9.59 Å². The van der Waals surface area contributed by atoms with E-state index in [0.29, 0.717) is 11.1 Å². The van der Waals surface area contributed by atoms with E-state index in [0.717, 1.165) is 13.4 Å². The molecule has 0 saturated carbocycles. The van der Waals surface area contributed by atoms with E-state index >= 15 is 0 Å². The topological polar surface area (TPSA) is 46.2 Å². The molecule has 0 bridgehead atoms. The van der Waals surface area contributed by atoms with Gasteiger partial charge >= 0.3 is 0 Å². The van der Waals surface area contributed by atoms with Crippen molar-refractivity contribution >= 4 is 65.2 Å². The maximum atomic E-state index is 11.5. The van der Waals surface area contributed by atoms with Gasteiger partial charge in [-0.15, -0.1) is 0 Å². The highest BCUT2D eigenvalue weighted by atomic mass is 79.9. The SMILES string of the molecule is O=C1C=C(c2c(Br)ccc(Br)c2Br)C(=O)N1. The lowest BCUT2D eigenvalue weighted by Crippen LogP contribution is -2.21.